The van der Waals surface area contributed by atoms with Gasteiger partial charge in [-0.1, -0.05) is 18.2 Å². The third-order valence-corrected chi connectivity index (χ3v) is 4.10. The number of rotatable bonds is 7. The van der Waals surface area contributed by atoms with Crippen LogP contribution in [0, 0.1) is 0 Å². The maximum atomic E-state index is 12.3. The van der Waals surface area contributed by atoms with E-state index in [4.69, 9.17) is 0 Å². The molecule has 2 N–H and O–H groups in total. The molecular weight excluding hydrogens is 453 g/mol. The Kier molecular flexibility index (Phi) is 10.4. The van der Waals surface area contributed by atoms with Crippen molar-refractivity contribution in [3.8, 4) is 0 Å². The number of nitrogens with zero attached hydrogens (tertiary/aromatic N) is 3. The molecule has 0 aliphatic heterocycles. The van der Waals surface area contributed by atoms with E-state index in [1.165, 1.54) is 0 Å². The number of amides is 1. The first-order valence-corrected chi connectivity index (χ1v) is 8.90. The van der Waals surface area contributed by atoms with Gasteiger partial charge in [0.1, 0.15) is 0 Å². The third kappa shape index (κ3) is 7.16. The molecule has 0 atom stereocenters. The van der Waals surface area contributed by atoms with Crippen molar-refractivity contribution in [3.05, 3.63) is 65.5 Å². The standard InChI is InChI=1S/C20H27N5O.HI/c1-4-25(5-2)19(26)17-11-9-16(10-12-17)14-23-20(21-3)24-15-18-8-6-7-13-22-18;/h6-13H,4-5,14-15H2,1-3H3,(H2,21,23,24);1H. The van der Waals surface area contributed by atoms with E-state index in [2.05, 4.69) is 20.6 Å². The highest BCUT2D eigenvalue weighted by molar-refractivity contribution is 14.0. The first kappa shape index (κ1) is 22.9. The van der Waals surface area contributed by atoms with Gasteiger partial charge in [-0.2, -0.15) is 0 Å². The minimum atomic E-state index is 0. The molecule has 2 aromatic rings. The summed E-state index contributed by atoms with van der Waals surface area (Å²) in [4.78, 5) is 22.6. The molecule has 0 aliphatic carbocycles. The van der Waals surface area contributed by atoms with Crippen LogP contribution in [0.4, 0.5) is 0 Å². The lowest BCUT2D eigenvalue weighted by Crippen LogP contribution is -2.36. The number of aliphatic imine (C=N–C) groups is 1. The zero-order valence-corrected chi connectivity index (χ0v) is 18.4. The maximum absolute atomic E-state index is 12.3. The number of nitrogens with one attached hydrogen (secondary N) is 2. The van der Waals surface area contributed by atoms with E-state index in [-0.39, 0.29) is 29.9 Å². The second-order valence-corrected chi connectivity index (χ2v) is 5.77. The van der Waals surface area contributed by atoms with Crippen molar-refractivity contribution in [2.24, 2.45) is 4.99 Å². The molecule has 0 saturated carbocycles. The summed E-state index contributed by atoms with van der Waals surface area (Å²) in [6.07, 6.45) is 1.77. The van der Waals surface area contributed by atoms with E-state index in [9.17, 15) is 4.79 Å². The second kappa shape index (κ2) is 12.3. The Balaban J connectivity index is 0.00000364. The summed E-state index contributed by atoms with van der Waals surface area (Å²) in [5, 5.41) is 6.50. The number of hydrogen-bond acceptors (Lipinski definition) is 3. The van der Waals surface area contributed by atoms with Gasteiger partial charge in [-0.15, -0.1) is 24.0 Å². The van der Waals surface area contributed by atoms with E-state index in [1.54, 1.807) is 13.2 Å². The molecule has 1 heterocycles. The minimum Gasteiger partial charge on any atom is -0.352 e. The van der Waals surface area contributed by atoms with Gasteiger partial charge in [-0.05, 0) is 43.7 Å². The van der Waals surface area contributed by atoms with Crippen LogP contribution in [0.2, 0.25) is 0 Å². The van der Waals surface area contributed by atoms with E-state index < -0.39 is 0 Å². The van der Waals surface area contributed by atoms with Gasteiger partial charge in [0.15, 0.2) is 5.96 Å². The molecule has 0 spiro atoms. The van der Waals surface area contributed by atoms with Crippen molar-refractivity contribution in [3.63, 3.8) is 0 Å². The number of hydrogen-bond donors (Lipinski definition) is 2. The summed E-state index contributed by atoms with van der Waals surface area (Å²) in [5.74, 6) is 0.779. The minimum absolute atomic E-state index is 0. The number of aromatic nitrogens is 1. The molecule has 0 fully saturated rings. The van der Waals surface area contributed by atoms with E-state index in [0.29, 0.717) is 19.0 Å². The molecular formula is C20H28IN5O. The molecule has 6 nitrogen and oxygen atoms in total. The zero-order valence-electron chi connectivity index (χ0n) is 16.1. The van der Waals surface area contributed by atoms with Crippen molar-refractivity contribution in [2.75, 3.05) is 20.1 Å². The summed E-state index contributed by atoms with van der Waals surface area (Å²) in [7, 11) is 1.74. The lowest BCUT2D eigenvalue weighted by Gasteiger charge is -2.18. The summed E-state index contributed by atoms with van der Waals surface area (Å²) >= 11 is 0. The van der Waals surface area contributed by atoms with Gasteiger partial charge in [0, 0.05) is 38.4 Å². The van der Waals surface area contributed by atoms with Crippen LogP contribution < -0.4 is 10.6 Å². The highest BCUT2D eigenvalue weighted by atomic mass is 127. The number of benzene rings is 1. The normalized spacial score (nSPS) is 10.7. The molecule has 146 valence electrons. The van der Waals surface area contributed by atoms with Crippen LogP contribution in [0.1, 0.15) is 35.5 Å². The summed E-state index contributed by atoms with van der Waals surface area (Å²) in [5.41, 5.74) is 2.76. The van der Waals surface area contributed by atoms with Crippen LogP contribution >= 0.6 is 24.0 Å². The highest BCUT2D eigenvalue weighted by Gasteiger charge is 2.11. The lowest BCUT2D eigenvalue weighted by molar-refractivity contribution is 0.0773. The molecule has 1 aromatic heterocycles. The third-order valence-electron chi connectivity index (χ3n) is 4.10. The van der Waals surface area contributed by atoms with E-state index in [1.807, 2.05) is 61.2 Å². The van der Waals surface area contributed by atoms with Gasteiger partial charge in [-0.3, -0.25) is 14.8 Å². The number of carbonyl (C=O) groups is 1. The molecule has 0 aliphatic rings. The predicted molar refractivity (Wildman–Crippen MR) is 120 cm³/mol. The van der Waals surface area contributed by atoms with Crippen molar-refractivity contribution in [1.82, 2.24) is 20.5 Å². The Morgan fingerprint density at radius 1 is 1.04 bits per heavy atom. The first-order valence-electron chi connectivity index (χ1n) is 8.90. The molecule has 7 heteroatoms. The van der Waals surface area contributed by atoms with Gasteiger partial charge in [0.05, 0.1) is 12.2 Å². The average molecular weight is 481 g/mol. The van der Waals surface area contributed by atoms with E-state index in [0.717, 1.165) is 29.9 Å². The van der Waals surface area contributed by atoms with Crippen molar-refractivity contribution >= 4 is 35.8 Å². The van der Waals surface area contributed by atoms with Gasteiger partial charge in [-0.25, -0.2) is 0 Å². The van der Waals surface area contributed by atoms with Crippen LogP contribution in [0.3, 0.4) is 0 Å². The molecule has 0 radical (unpaired) electrons. The largest absolute Gasteiger partial charge is 0.352 e. The topological polar surface area (TPSA) is 69.6 Å². The molecule has 2 rings (SSSR count). The molecule has 0 bridgehead atoms. The zero-order chi connectivity index (χ0) is 18.8. The van der Waals surface area contributed by atoms with Gasteiger partial charge >= 0.3 is 0 Å². The SMILES string of the molecule is CCN(CC)C(=O)c1ccc(CNC(=NC)NCc2ccccn2)cc1.I. The second-order valence-electron chi connectivity index (χ2n) is 5.77. The van der Waals surface area contributed by atoms with Crippen LogP contribution in [0.15, 0.2) is 53.7 Å². The molecule has 27 heavy (non-hydrogen) atoms. The van der Waals surface area contributed by atoms with Crippen molar-refractivity contribution in [1.29, 1.82) is 0 Å². The maximum Gasteiger partial charge on any atom is 0.253 e. The molecule has 0 unspecified atom stereocenters. The van der Waals surface area contributed by atoms with Gasteiger partial charge in [0.2, 0.25) is 0 Å². The summed E-state index contributed by atoms with van der Waals surface area (Å²) < 4.78 is 0. The van der Waals surface area contributed by atoms with Crippen LogP contribution in [-0.2, 0) is 13.1 Å². The fraction of sp³-hybridized carbons (Fsp3) is 0.350. The average Bonchev–Trinajstić information content (AvgIpc) is 2.70. The van der Waals surface area contributed by atoms with Crippen molar-refractivity contribution < 1.29 is 4.79 Å². The van der Waals surface area contributed by atoms with Gasteiger partial charge < -0.3 is 15.5 Å². The monoisotopic (exact) mass is 481 g/mol. The van der Waals surface area contributed by atoms with Crippen LogP contribution in [0.5, 0.6) is 0 Å². The Hall–Kier alpha value is -2.16. The lowest BCUT2D eigenvalue weighted by atomic mass is 10.1. The predicted octanol–water partition coefficient (Wildman–Crippen LogP) is 3.05. The van der Waals surface area contributed by atoms with Crippen molar-refractivity contribution in [2.45, 2.75) is 26.9 Å². The number of guanidine groups is 1. The Bertz CT molecular complexity index is 715. The Morgan fingerprint density at radius 3 is 2.26 bits per heavy atom. The van der Waals surface area contributed by atoms with E-state index >= 15 is 0 Å². The van der Waals surface area contributed by atoms with Crippen LogP contribution in [0.25, 0.3) is 0 Å². The highest BCUT2D eigenvalue weighted by Crippen LogP contribution is 2.08. The quantitative estimate of drug-likeness (QED) is 0.363. The van der Waals surface area contributed by atoms with Crippen LogP contribution in [-0.4, -0.2) is 41.9 Å². The Morgan fingerprint density at radius 2 is 1.70 bits per heavy atom. The molecule has 1 aromatic carbocycles. The smallest absolute Gasteiger partial charge is 0.253 e. The van der Waals surface area contributed by atoms with Gasteiger partial charge in [0.25, 0.3) is 5.91 Å². The molecule has 1 amide bonds. The Labute approximate surface area is 178 Å². The fourth-order valence-electron chi connectivity index (χ4n) is 2.54. The number of carbonyl (C=O) groups excluding carboxylic acids is 1. The fourth-order valence-corrected chi connectivity index (χ4v) is 2.54. The number of pyridine rings is 1. The molecule has 0 saturated heterocycles. The number of halogens is 1. The summed E-state index contributed by atoms with van der Waals surface area (Å²) in [6, 6.07) is 13.5. The first-order chi connectivity index (χ1) is 12.7. The summed E-state index contributed by atoms with van der Waals surface area (Å²) in [6.45, 7) is 6.65.